The summed E-state index contributed by atoms with van der Waals surface area (Å²) in [6.45, 7) is 2.65. The van der Waals surface area contributed by atoms with Crippen molar-refractivity contribution in [3.8, 4) is 0 Å². The van der Waals surface area contributed by atoms with Crippen molar-refractivity contribution in [2.45, 2.75) is 18.5 Å². The van der Waals surface area contributed by atoms with Crippen LogP contribution in [-0.2, 0) is 14.6 Å². The highest BCUT2D eigenvalue weighted by atomic mass is 32.2. The third-order valence-corrected chi connectivity index (χ3v) is 7.05. The average molecular weight is 365 g/mol. The molecule has 0 bridgehead atoms. The normalized spacial score (nSPS) is 26.9. The number of carbonyl (C=O) groups excluding carboxylic acids is 1. The summed E-state index contributed by atoms with van der Waals surface area (Å²) in [6, 6.07) is 10.1. The molecule has 138 valence electrons. The maximum Gasteiger partial charge on any atom is 0.237 e. The zero-order valence-electron chi connectivity index (χ0n) is 15.0. The second-order valence-corrected chi connectivity index (χ2v) is 9.48. The van der Waals surface area contributed by atoms with Gasteiger partial charge in [0, 0.05) is 25.7 Å². The highest BCUT2D eigenvalue weighted by molar-refractivity contribution is 7.91. The molecule has 1 aromatic carbocycles. The van der Waals surface area contributed by atoms with Gasteiger partial charge in [-0.05, 0) is 26.1 Å². The number of piperazine rings is 1. The predicted molar refractivity (Wildman–Crippen MR) is 98.1 cm³/mol. The van der Waals surface area contributed by atoms with Crippen molar-refractivity contribution in [3.05, 3.63) is 35.9 Å². The van der Waals surface area contributed by atoms with Gasteiger partial charge in [0.05, 0.1) is 24.1 Å². The maximum atomic E-state index is 12.9. The Morgan fingerprint density at radius 2 is 1.96 bits per heavy atom. The molecule has 2 saturated heterocycles. The maximum absolute atomic E-state index is 12.9. The molecule has 2 aliphatic heterocycles. The number of hydrogen-bond acceptors (Lipinski definition) is 5. The molecule has 0 saturated carbocycles. The van der Waals surface area contributed by atoms with E-state index in [0.29, 0.717) is 13.0 Å². The Hall–Kier alpha value is -1.44. The van der Waals surface area contributed by atoms with Gasteiger partial charge in [0.2, 0.25) is 5.91 Å². The van der Waals surface area contributed by atoms with E-state index in [1.807, 2.05) is 35.0 Å². The van der Waals surface area contributed by atoms with E-state index in [2.05, 4.69) is 24.1 Å². The topological polar surface area (TPSA) is 60.9 Å². The summed E-state index contributed by atoms with van der Waals surface area (Å²) in [5, 5.41) is 0. The molecule has 1 aromatic rings. The number of carbonyl (C=O) groups is 1. The van der Waals surface area contributed by atoms with Gasteiger partial charge in [-0.3, -0.25) is 9.69 Å². The zero-order valence-corrected chi connectivity index (χ0v) is 15.8. The highest BCUT2D eigenvalue weighted by Crippen LogP contribution is 2.25. The molecule has 1 amide bonds. The smallest absolute Gasteiger partial charge is 0.237 e. The predicted octanol–water partition coefficient (Wildman–Crippen LogP) is 0.621. The van der Waals surface area contributed by atoms with E-state index in [-0.39, 0.29) is 36.0 Å². The van der Waals surface area contributed by atoms with Crippen molar-refractivity contribution >= 4 is 15.7 Å². The number of amides is 1. The van der Waals surface area contributed by atoms with Gasteiger partial charge in [-0.25, -0.2) is 8.42 Å². The van der Waals surface area contributed by atoms with Crippen LogP contribution in [0.2, 0.25) is 0 Å². The van der Waals surface area contributed by atoms with Crippen molar-refractivity contribution in [3.63, 3.8) is 0 Å². The molecule has 7 heteroatoms. The first kappa shape index (κ1) is 18.4. The molecule has 0 aliphatic carbocycles. The summed E-state index contributed by atoms with van der Waals surface area (Å²) < 4.78 is 23.4. The number of likely N-dealkylation sites (N-methyl/N-ethyl adjacent to an activating group) is 2. The molecule has 2 aliphatic rings. The van der Waals surface area contributed by atoms with E-state index < -0.39 is 9.84 Å². The van der Waals surface area contributed by atoms with Crippen LogP contribution in [0.15, 0.2) is 30.3 Å². The van der Waals surface area contributed by atoms with E-state index in [9.17, 15) is 13.2 Å². The van der Waals surface area contributed by atoms with Gasteiger partial charge < -0.3 is 9.80 Å². The fraction of sp³-hybridized carbons (Fsp3) is 0.611. The Morgan fingerprint density at radius 1 is 1.24 bits per heavy atom. The average Bonchev–Trinajstić information content (AvgIpc) is 2.95. The molecular weight excluding hydrogens is 338 g/mol. The van der Waals surface area contributed by atoms with Gasteiger partial charge in [0.15, 0.2) is 9.84 Å². The van der Waals surface area contributed by atoms with Crippen molar-refractivity contribution in [2.24, 2.45) is 0 Å². The molecule has 0 N–H and O–H groups in total. The lowest BCUT2D eigenvalue weighted by Gasteiger charge is -2.41. The quantitative estimate of drug-likeness (QED) is 0.783. The lowest BCUT2D eigenvalue weighted by Crippen LogP contribution is -2.52. The van der Waals surface area contributed by atoms with Crippen LogP contribution in [0, 0.1) is 0 Å². The van der Waals surface area contributed by atoms with E-state index in [1.165, 1.54) is 0 Å². The number of rotatable bonds is 4. The molecule has 2 unspecified atom stereocenters. The monoisotopic (exact) mass is 365 g/mol. The third-order valence-electron chi connectivity index (χ3n) is 5.30. The van der Waals surface area contributed by atoms with Gasteiger partial charge in [0.1, 0.15) is 0 Å². The number of benzene rings is 1. The zero-order chi connectivity index (χ0) is 18.0. The van der Waals surface area contributed by atoms with E-state index >= 15 is 0 Å². The summed E-state index contributed by atoms with van der Waals surface area (Å²) in [6.07, 6.45) is 0.622. The second-order valence-electron chi connectivity index (χ2n) is 7.25. The van der Waals surface area contributed by atoms with Crippen LogP contribution in [-0.4, -0.2) is 86.8 Å². The van der Waals surface area contributed by atoms with Crippen LogP contribution in [0.25, 0.3) is 0 Å². The summed E-state index contributed by atoms with van der Waals surface area (Å²) in [5.41, 5.74) is 1.15. The fourth-order valence-corrected chi connectivity index (χ4v) is 5.54. The first-order valence-corrected chi connectivity index (χ1v) is 10.6. The van der Waals surface area contributed by atoms with Gasteiger partial charge in [-0.1, -0.05) is 30.3 Å². The summed E-state index contributed by atoms with van der Waals surface area (Å²) in [4.78, 5) is 19.0. The minimum Gasteiger partial charge on any atom is -0.332 e. The highest BCUT2D eigenvalue weighted by Gasteiger charge is 2.34. The Morgan fingerprint density at radius 3 is 2.60 bits per heavy atom. The number of hydrogen-bond donors (Lipinski definition) is 0. The van der Waals surface area contributed by atoms with Crippen LogP contribution < -0.4 is 0 Å². The number of sulfone groups is 1. The first-order valence-electron chi connectivity index (χ1n) is 8.79. The molecule has 25 heavy (non-hydrogen) atoms. The molecule has 6 nitrogen and oxygen atoms in total. The van der Waals surface area contributed by atoms with Crippen molar-refractivity contribution in [1.82, 2.24) is 14.7 Å². The van der Waals surface area contributed by atoms with Gasteiger partial charge in [-0.15, -0.1) is 0 Å². The minimum atomic E-state index is -2.94. The molecule has 2 heterocycles. The van der Waals surface area contributed by atoms with Gasteiger partial charge in [0.25, 0.3) is 0 Å². The molecule has 0 aromatic heterocycles. The molecule has 0 radical (unpaired) electrons. The Bertz CT molecular complexity index is 708. The minimum absolute atomic E-state index is 0.0448. The van der Waals surface area contributed by atoms with Crippen molar-refractivity contribution in [1.29, 1.82) is 0 Å². The molecule has 2 fully saturated rings. The van der Waals surface area contributed by atoms with E-state index in [4.69, 9.17) is 0 Å². The Labute approximate surface area is 150 Å². The molecular formula is C18H27N3O3S. The largest absolute Gasteiger partial charge is 0.332 e. The lowest BCUT2D eigenvalue weighted by molar-refractivity contribution is -0.137. The van der Waals surface area contributed by atoms with Crippen molar-refractivity contribution < 1.29 is 13.2 Å². The van der Waals surface area contributed by atoms with Crippen LogP contribution in [0.5, 0.6) is 0 Å². The summed E-state index contributed by atoms with van der Waals surface area (Å²) in [5.74, 6) is 0.479. The lowest BCUT2D eigenvalue weighted by atomic mass is 10.0. The van der Waals surface area contributed by atoms with Gasteiger partial charge >= 0.3 is 0 Å². The SMILES string of the molecule is CN1CCN(C(=O)CN(C)C2CCS(=O)(=O)C2)C(c2ccccc2)C1. The summed E-state index contributed by atoms with van der Waals surface area (Å²) >= 11 is 0. The Kier molecular flexibility index (Phi) is 5.46. The first-order chi connectivity index (χ1) is 11.9. The summed E-state index contributed by atoms with van der Waals surface area (Å²) in [7, 11) is 0.999. The second kappa shape index (κ2) is 7.43. The Balaban J connectivity index is 1.69. The molecule has 2 atom stereocenters. The van der Waals surface area contributed by atoms with Crippen LogP contribution >= 0.6 is 0 Å². The van der Waals surface area contributed by atoms with Crippen LogP contribution in [0.3, 0.4) is 0 Å². The van der Waals surface area contributed by atoms with Gasteiger partial charge in [-0.2, -0.15) is 0 Å². The third kappa shape index (κ3) is 4.40. The standard InChI is InChI=1S/C18H27N3O3S/c1-19-9-10-21(17(12-19)15-6-4-3-5-7-15)18(22)13-20(2)16-8-11-25(23,24)14-16/h3-7,16-17H,8-14H2,1-2H3. The fourth-order valence-electron chi connectivity index (χ4n) is 3.73. The molecule has 3 rings (SSSR count). The molecule has 0 spiro atoms. The van der Waals surface area contributed by atoms with Crippen LogP contribution in [0.4, 0.5) is 0 Å². The van der Waals surface area contributed by atoms with Crippen molar-refractivity contribution in [2.75, 3.05) is 51.8 Å². The van der Waals surface area contributed by atoms with E-state index in [0.717, 1.165) is 18.7 Å². The number of nitrogens with zero attached hydrogens (tertiary/aromatic N) is 3. The van der Waals surface area contributed by atoms with E-state index in [1.54, 1.807) is 0 Å². The van der Waals surface area contributed by atoms with Crippen LogP contribution in [0.1, 0.15) is 18.0 Å².